The maximum atomic E-state index is 13.3. The Morgan fingerprint density at radius 1 is 1.00 bits per heavy atom. The van der Waals surface area contributed by atoms with Gasteiger partial charge in [0.15, 0.2) is 0 Å². The molecule has 30 heavy (non-hydrogen) atoms. The predicted molar refractivity (Wildman–Crippen MR) is 116 cm³/mol. The summed E-state index contributed by atoms with van der Waals surface area (Å²) in [5, 5.41) is 9.45. The molecule has 0 radical (unpaired) electrons. The molecule has 3 aliphatic heterocycles. The minimum atomic E-state index is 0.204. The highest BCUT2D eigenvalue weighted by molar-refractivity contribution is 5.23. The lowest BCUT2D eigenvalue weighted by atomic mass is 9.83. The summed E-state index contributed by atoms with van der Waals surface area (Å²) >= 11 is 0. The van der Waals surface area contributed by atoms with Crippen molar-refractivity contribution in [3.63, 3.8) is 0 Å². The Bertz CT molecular complexity index is 949. The molecule has 0 saturated carbocycles. The highest BCUT2D eigenvalue weighted by Crippen LogP contribution is 2.35. The van der Waals surface area contributed by atoms with Crippen LogP contribution >= 0.6 is 0 Å². The van der Waals surface area contributed by atoms with Crippen LogP contribution in [0.25, 0.3) is 0 Å². The summed E-state index contributed by atoms with van der Waals surface area (Å²) in [7, 11) is 2.16. The molecule has 3 aliphatic rings. The van der Waals surface area contributed by atoms with Crippen molar-refractivity contribution >= 4 is 0 Å². The number of hydrogen-bond donors (Lipinski definition) is 1. The number of piperidine rings is 1. The zero-order valence-electron chi connectivity index (χ0n) is 17.7. The number of aromatic nitrogens is 2. The van der Waals surface area contributed by atoms with Crippen molar-refractivity contribution in [3.05, 3.63) is 57.8 Å². The van der Waals surface area contributed by atoms with Crippen LogP contribution in [0.1, 0.15) is 29.3 Å². The second-order valence-corrected chi connectivity index (χ2v) is 9.28. The summed E-state index contributed by atoms with van der Waals surface area (Å²) in [6.45, 7) is 8.53. The standard InChI is InChI=1S/C23H31N5O2/c1-25-6-8-26(9-7-25)14-18-2-5-22-19-10-17(13-28(22)23(18)30)12-27(15-19)16-20-3-4-21(29)11-24-20/h2-5,11,17,19,29H,6-10,12-16H2,1H3/t17-,19+/m0/s1. The van der Waals surface area contributed by atoms with E-state index in [0.717, 1.165) is 76.6 Å². The highest BCUT2D eigenvalue weighted by atomic mass is 16.3. The topological polar surface area (TPSA) is 64.8 Å². The van der Waals surface area contributed by atoms with Crippen LogP contribution in [0.15, 0.2) is 35.3 Å². The van der Waals surface area contributed by atoms with Crippen molar-refractivity contribution < 1.29 is 5.11 Å². The first-order chi connectivity index (χ1) is 14.5. The van der Waals surface area contributed by atoms with E-state index >= 15 is 0 Å². The van der Waals surface area contributed by atoms with E-state index in [0.29, 0.717) is 11.8 Å². The molecular formula is C23H31N5O2. The van der Waals surface area contributed by atoms with E-state index in [2.05, 4.69) is 43.4 Å². The van der Waals surface area contributed by atoms with Crippen LogP contribution in [0.4, 0.5) is 0 Å². The van der Waals surface area contributed by atoms with E-state index in [9.17, 15) is 9.90 Å². The minimum Gasteiger partial charge on any atom is -0.506 e. The molecule has 1 N–H and O–H groups in total. The van der Waals surface area contributed by atoms with Crippen LogP contribution in [0, 0.1) is 5.92 Å². The van der Waals surface area contributed by atoms with Gasteiger partial charge in [-0.15, -0.1) is 0 Å². The molecule has 2 fully saturated rings. The van der Waals surface area contributed by atoms with Crippen LogP contribution < -0.4 is 5.56 Å². The Labute approximate surface area is 177 Å². The maximum absolute atomic E-state index is 13.3. The summed E-state index contributed by atoms with van der Waals surface area (Å²) in [6.07, 6.45) is 2.67. The van der Waals surface area contributed by atoms with Crippen molar-refractivity contribution in [2.75, 3.05) is 46.3 Å². The minimum absolute atomic E-state index is 0.204. The largest absolute Gasteiger partial charge is 0.506 e. The van der Waals surface area contributed by atoms with E-state index in [1.807, 2.05) is 6.07 Å². The van der Waals surface area contributed by atoms with Crippen LogP contribution in [0.5, 0.6) is 5.75 Å². The van der Waals surface area contributed by atoms with E-state index in [1.165, 1.54) is 11.9 Å². The lowest BCUT2D eigenvalue weighted by Gasteiger charge is -2.43. The second kappa shape index (κ2) is 8.13. The number of hydrogen-bond acceptors (Lipinski definition) is 6. The average Bonchev–Trinajstić information content (AvgIpc) is 2.74. The third-order valence-corrected chi connectivity index (χ3v) is 6.94. The zero-order valence-corrected chi connectivity index (χ0v) is 17.7. The number of fused-ring (bicyclic) bond motifs is 4. The Kier molecular flexibility index (Phi) is 5.35. The van der Waals surface area contributed by atoms with Crippen LogP contribution in [0.3, 0.4) is 0 Å². The normalized spacial score (nSPS) is 25.2. The fraction of sp³-hybridized carbons (Fsp3) is 0.565. The number of likely N-dealkylation sites (N-methyl/N-ethyl adjacent to an activating group) is 1. The lowest BCUT2D eigenvalue weighted by Crippen LogP contribution is -2.48. The molecule has 0 aliphatic carbocycles. The van der Waals surface area contributed by atoms with Gasteiger partial charge in [-0.1, -0.05) is 6.07 Å². The molecule has 0 aromatic carbocycles. The van der Waals surface area contributed by atoms with E-state index in [4.69, 9.17) is 0 Å². The quantitative estimate of drug-likeness (QED) is 0.822. The third kappa shape index (κ3) is 4.02. The number of piperazine rings is 1. The summed E-state index contributed by atoms with van der Waals surface area (Å²) in [4.78, 5) is 24.8. The van der Waals surface area contributed by atoms with Crippen LogP contribution in [-0.4, -0.2) is 75.7 Å². The molecule has 5 rings (SSSR count). The summed E-state index contributed by atoms with van der Waals surface area (Å²) in [5.41, 5.74) is 3.33. The van der Waals surface area contributed by atoms with Crippen molar-refractivity contribution in [2.45, 2.75) is 32.0 Å². The number of nitrogens with zero attached hydrogens (tertiary/aromatic N) is 5. The van der Waals surface area contributed by atoms with Gasteiger partial charge in [-0.05, 0) is 37.6 Å². The third-order valence-electron chi connectivity index (χ3n) is 6.94. The Hall–Kier alpha value is -2.22. The number of rotatable bonds is 4. The Morgan fingerprint density at radius 2 is 1.83 bits per heavy atom. The zero-order chi connectivity index (χ0) is 20.7. The van der Waals surface area contributed by atoms with Crippen molar-refractivity contribution in [3.8, 4) is 5.75 Å². The first-order valence-electron chi connectivity index (χ1n) is 11.0. The van der Waals surface area contributed by atoms with Gasteiger partial charge in [0, 0.05) is 76.1 Å². The Balaban J connectivity index is 1.31. The molecule has 160 valence electrons. The van der Waals surface area contributed by atoms with Crippen molar-refractivity contribution in [2.24, 2.45) is 5.92 Å². The molecule has 0 unspecified atom stereocenters. The molecule has 2 atom stereocenters. The van der Waals surface area contributed by atoms with E-state index < -0.39 is 0 Å². The monoisotopic (exact) mass is 409 g/mol. The van der Waals surface area contributed by atoms with Gasteiger partial charge in [-0.3, -0.25) is 19.6 Å². The molecule has 2 saturated heterocycles. The number of likely N-dealkylation sites (tertiary alicyclic amines) is 1. The Morgan fingerprint density at radius 3 is 2.60 bits per heavy atom. The molecule has 7 nitrogen and oxygen atoms in total. The summed E-state index contributed by atoms with van der Waals surface area (Å²) < 4.78 is 2.07. The maximum Gasteiger partial charge on any atom is 0.255 e. The molecule has 7 heteroatoms. The van der Waals surface area contributed by atoms with Gasteiger partial charge in [-0.25, -0.2) is 0 Å². The number of pyridine rings is 2. The summed E-state index contributed by atoms with van der Waals surface area (Å²) in [6, 6.07) is 7.87. The number of aromatic hydroxyl groups is 1. The fourth-order valence-corrected chi connectivity index (χ4v) is 5.33. The van der Waals surface area contributed by atoms with Gasteiger partial charge in [0.2, 0.25) is 0 Å². The molecule has 5 heterocycles. The predicted octanol–water partition coefficient (Wildman–Crippen LogP) is 1.32. The van der Waals surface area contributed by atoms with Gasteiger partial charge in [0.05, 0.1) is 11.9 Å². The molecule has 2 aromatic heterocycles. The smallest absolute Gasteiger partial charge is 0.255 e. The van der Waals surface area contributed by atoms with Crippen molar-refractivity contribution in [1.29, 1.82) is 0 Å². The molecule has 0 amide bonds. The first-order valence-corrected chi connectivity index (χ1v) is 11.0. The highest BCUT2D eigenvalue weighted by Gasteiger charge is 2.35. The summed E-state index contributed by atoms with van der Waals surface area (Å²) in [5.74, 6) is 1.11. The van der Waals surface area contributed by atoms with Gasteiger partial charge in [0.1, 0.15) is 5.75 Å². The molecular weight excluding hydrogens is 378 g/mol. The second-order valence-electron chi connectivity index (χ2n) is 9.28. The lowest BCUT2D eigenvalue weighted by molar-refractivity contribution is 0.112. The first kappa shape index (κ1) is 19.7. The van der Waals surface area contributed by atoms with Gasteiger partial charge in [-0.2, -0.15) is 0 Å². The van der Waals surface area contributed by atoms with Gasteiger partial charge >= 0.3 is 0 Å². The molecule has 2 bridgehead atoms. The molecule has 0 spiro atoms. The van der Waals surface area contributed by atoms with Crippen molar-refractivity contribution in [1.82, 2.24) is 24.3 Å². The van der Waals surface area contributed by atoms with Gasteiger partial charge < -0.3 is 14.6 Å². The van der Waals surface area contributed by atoms with Crippen LogP contribution in [-0.2, 0) is 19.6 Å². The molecule has 2 aromatic rings. The van der Waals surface area contributed by atoms with Crippen LogP contribution in [0.2, 0.25) is 0 Å². The average molecular weight is 410 g/mol. The van der Waals surface area contributed by atoms with Gasteiger partial charge in [0.25, 0.3) is 5.56 Å². The fourth-order valence-electron chi connectivity index (χ4n) is 5.33. The SMILES string of the molecule is CN1CCN(Cc2ccc3n(c2=O)C[C@H]2C[C@@H]3CN(Cc3ccc(O)cn3)C2)CC1. The van der Waals surface area contributed by atoms with E-state index in [1.54, 1.807) is 6.07 Å². The van der Waals surface area contributed by atoms with E-state index in [-0.39, 0.29) is 11.3 Å².